The summed E-state index contributed by atoms with van der Waals surface area (Å²) in [6, 6.07) is 18.5. The van der Waals surface area contributed by atoms with Gasteiger partial charge in [0.25, 0.3) is 0 Å². The molecule has 1 aliphatic heterocycles. The van der Waals surface area contributed by atoms with Crippen molar-refractivity contribution in [2.24, 2.45) is 5.92 Å². The van der Waals surface area contributed by atoms with Gasteiger partial charge >= 0.3 is 5.97 Å². The Morgan fingerprint density at radius 2 is 1.98 bits per heavy atom. The second-order valence-corrected chi connectivity index (χ2v) is 11.5. The SMILES string of the molecule is CC(C)C(c1cnc[nH]1)n1c(N2CCC(Oc3cccc(COc4ccc(C#N)cc4F)c3)CC2)nc2ccc(C(=O)O)cc21. The number of nitrogens with zero attached hydrogens (tertiary/aromatic N) is 5. The maximum atomic E-state index is 14.2. The van der Waals surface area contributed by atoms with Gasteiger partial charge in [0, 0.05) is 25.9 Å². The van der Waals surface area contributed by atoms with Crippen molar-refractivity contribution >= 4 is 23.0 Å². The molecule has 2 aromatic heterocycles. The maximum absolute atomic E-state index is 14.2. The lowest BCUT2D eigenvalue weighted by Crippen LogP contribution is -2.40. The summed E-state index contributed by atoms with van der Waals surface area (Å²) >= 11 is 0. The molecule has 0 amide bonds. The van der Waals surface area contributed by atoms with Gasteiger partial charge < -0.3 is 29.0 Å². The highest BCUT2D eigenvalue weighted by Crippen LogP contribution is 2.36. The van der Waals surface area contributed by atoms with E-state index in [1.807, 2.05) is 30.3 Å². The minimum absolute atomic E-state index is 0.0154. The highest BCUT2D eigenvalue weighted by Gasteiger charge is 2.30. The van der Waals surface area contributed by atoms with Crippen LogP contribution in [0.15, 0.2) is 73.2 Å². The van der Waals surface area contributed by atoms with Crippen molar-refractivity contribution in [3.8, 4) is 17.6 Å². The number of carboxylic acid groups (broad SMARTS) is 1. The van der Waals surface area contributed by atoms with Gasteiger partial charge in [0.15, 0.2) is 11.6 Å². The predicted octanol–water partition coefficient (Wildman–Crippen LogP) is 6.34. The summed E-state index contributed by atoms with van der Waals surface area (Å²) in [6.07, 6.45) is 4.97. The zero-order valence-corrected chi connectivity index (χ0v) is 25.0. The first-order chi connectivity index (χ1) is 21.8. The molecular weight excluding hydrogens is 575 g/mol. The molecule has 1 aliphatic rings. The van der Waals surface area contributed by atoms with E-state index in [0.29, 0.717) is 18.8 Å². The number of ether oxygens (including phenoxy) is 2. The van der Waals surface area contributed by atoms with Crippen molar-refractivity contribution in [2.75, 3.05) is 18.0 Å². The van der Waals surface area contributed by atoms with Crippen molar-refractivity contribution in [1.82, 2.24) is 19.5 Å². The number of imidazole rings is 2. The van der Waals surface area contributed by atoms with E-state index in [9.17, 15) is 14.3 Å². The summed E-state index contributed by atoms with van der Waals surface area (Å²) in [6.45, 7) is 5.82. The maximum Gasteiger partial charge on any atom is 0.335 e. The number of aromatic nitrogens is 4. The van der Waals surface area contributed by atoms with E-state index < -0.39 is 11.8 Å². The largest absolute Gasteiger partial charge is 0.490 e. The molecule has 3 heterocycles. The van der Waals surface area contributed by atoms with E-state index in [-0.39, 0.29) is 41.5 Å². The molecule has 45 heavy (non-hydrogen) atoms. The summed E-state index contributed by atoms with van der Waals surface area (Å²) in [5.41, 5.74) is 3.71. The number of anilines is 1. The fourth-order valence-corrected chi connectivity index (χ4v) is 5.86. The van der Waals surface area contributed by atoms with Crippen LogP contribution in [0.5, 0.6) is 11.5 Å². The van der Waals surface area contributed by atoms with Crippen LogP contribution in [0.25, 0.3) is 11.0 Å². The molecule has 3 aromatic carbocycles. The molecular formula is C34H33FN6O4. The number of hydrogen-bond acceptors (Lipinski definition) is 7. The van der Waals surface area contributed by atoms with Crippen LogP contribution in [0.1, 0.15) is 59.9 Å². The van der Waals surface area contributed by atoms with Crippen LogP contribution >= 0.6 is 0 Å². The molecule has 5 aromatic rings. The van der Waals surface area contributed by atoms with E-state index in [0.717, 1.165) is 47.1 Å². The fraction of sp³-hybridized carbons (Fsp3) is 0.294. The first kappa shape index (κ1) is 29.7. The third-order valence-corrected chi connectivity index (χ3v) is 8.05. The Kier molecular flexibility index (Phi) is 8.38. The van der Waals surface area contributed by atoms with E-state index in [1.165, 1.54) is 12.1 Å². The zero-order valence-electron chi connectivity index (χ0n) is 25.0. The highest BCUT2D eigenvalue weighted by molar-refractivity contribution is 5.93. The van der Waals surface area contributed by atoms with Gasteiger partial charge in [-0.3, -0.25) is 0 Å². The van der Waals surface area contributed by atoms with Gasteiger partial charge in [-0.2, -0.15) is 5.26 Å². The lowest BCUT2D eigenvalue weighted by molar-refractivity contribution is 0.0697. The van der Waals surface area contributed by atoms with Crippen molar-refractivity contribution in [3.63, 3.8) is 0 Å². The Balaban J connectivity index is 1.17. The average molecular weight is 609 g/mol. The minimum Gasteiger partial charge on any atom is -0.490 e. The van der Waals surface area contributed by atoms with Crippen LogP contribution in [0, 0.1) is 23.1 Å². The Bertz CT molecular complexity index is 1850. The van der Waals surface area contributed by atoms with Gasteiger partial charge in [0.05, 0.1) is 52.5 Å². The summed E-state index contributed by atoms with van der Waals surface area (Å²) in [4.78, 5) is 26.6. The smallest absolute Gasteiger partial charge is 0.335 e. The number of hydrogen-bond donors (Lipinski definition) is 2. The molecule has 2 N–H and O–H groups in total. The molecule has 1 unspecified atom stereocenters. The number of H-pyrrole nitrogens is 1. The molecule has 0 spiro atoms. The van der Waals surface area contributed by atoms with Gasteiger partial charge in [-0.25, -0.2) is 19.2 Å². The molecule has 0 saturated carbocycles. The quantitative estimate of drug-likeness (QED) is 0.188. The van der Waals surface area contributed by atoms with Crippen LogP contribution in [0.4, 0.5) is 10.3 Å². The molecule has 230 valence electrons. The number of aromatic amines is 1. The van der Waals surface area contributed by atoms with Gasteiger partial charge in [-0.05, 0) is 60.0 Å². The Hall–Kier alpha value is -5.37. The standard InChI is InChI=1S/C34H33FN6O4/c1-21(2)32(29-18-37-20-38-29)41-30-16-24(33(42)43)7-8-28(30)39-34(41)40-12-10-25(11-13-40)45-26-5-3-4-23(14-26)19-44-31-9-6-22(17-36)15-27(31)35/h3-9,14-16,18,20-21,25,32H,10-13,19H2,1-2H3,(H,37,38)(H,42,43). The van der Waals surface area contributed by atoms with Crippen molar-refractivity contribution < 1.29 is 23.8 Å². The summed E-state index contributed by atoms with van der Waals surface area (Å²) in [5.74, 6) is 0.193. The number of nitriles is 1. The second kappa shape index (κ2) is 12.7. The molecule has 10 nitrogen and oxygen atoms in total. The number of piperidine rings is 1. The average Bonchev–Trinajstić information content (AvgIpc) is 3.70. The normalized spacial score (nSPS) is 14.4. The number of nitrogens with one attached hydrogen (secondary N) is 1. The monoisotopic (exact) mass is 608 g/mol. The Morgan fingerprint density at radius 1 is 1.16 bits per heavy atom. The number of carbonyl (C=O) groups is 1. The molecule has 1 atom stereocenters. The van der Waals surface area contributed by atoms with E-state index in [1.54, 1.807) is 30.7 Å². The Labute approximate surface area is 259 Å². The van der Waals surface area contributed by atoms with Gasteiger partial charge in [0.2, 0.25) is 5.95 Å². The number of benzene rings is 3. The van der Waals surface area contributed by atoms with Crippen LogP contribution in [0.3, 0.4) is 0 Å². The molecule has 11 heteroatoms. The minimum atomic E-state index is -0.983. The third-order valence-electron chi connectivity index (χ3n) is 8.05. The van der Waals surface area contributed by atoms with E-state index in [2.05, 4.69) is 33.3 Å². The molecule has 1 saturated heterocycles. The number of rotatable bonds is 10. The van der Waals surface area contributed by atoms with Crippen LogP contribution in [-0.2, 0) is 6.61 Å². The van der Waals surface area contributed by atoms with Gasteiger partial charge in [-0.15, -0.1) is 0 Å². The highest BCUT2D eigenvalue weighted by atomic mass is 19.1. The number of fused-ring (bicyclic) bond motifs is 1. The number of aromatic carboxylic acids is 1. The number of halogens is 1. The van der Waals surface area contributed by atoms with Crippen molar-refractivity contribution in [3.05, 3.63) is 101 Å². The predicted molar refractivity (Wildman–Crippen MR) is 166 cm³/mol. The van der Waals surface area contributed by atoms with Crippen LogP contribution < -0.4 is 14.4 Å². The first-order valence-electron chi connectivity index (χ1n) is 14.9. The lowest BCUT2D eigenvalue weighted by atomic mass is 10.0. The molecule has 0 radical (unpaired) electrons. The Morgan fingerprint density at radius 3 is 2.67 bits per heavy atom. The third kappa shape index (κ3) is 6.31. The zero-order chi connectivity index (χ0) is 31.5. The van der Waals surface area contributed by atoms with Gasteiger partial charge in [-0.1, -0.05) is 26.0 Å². The topological polar surface area (TPSA) is 129 Å². The van der Waals surface area contributed by atoms with E-state index >= 15 is 0 Å². The molecule has 0 aliphatic carbocycles. The van der Waals surface area contributed by atoms with Crippen molar-refractivity contribution in [2.45, 2.75) is 45.4 Å². The van der Waals surface area contributed by atoms with E-state index in [4.69, 9.17) is 19.7 Å². The molecule has 6 rings (SSSR count). The number of carboxylic acids is 1. The first-order valence-corrected chi connectivity index (χ1v) is 14.9. The fourth-order valence-electron chi connectivity index (χ4n) is 5.86. The lowest BCUT2D eigenvalue weighted by Gasteiger charge is -2.35. The second-order valence-electron chi connectivity index (χ2n) is 11.5. The van der Waals surface area contributed by atoms with Crippen LogP contribution in [0.2, 0.25) is 0 Å². The van der Waals surface area contributed by atoms with Gasteiger partial charge in [0.1, 0.15) is 18.5 Å². The van der Waals surface area contributed by atoms with Crippen LogP contribution in [-0.4, -0.2) is 49.8 Å². The summed E-state index contributed by atoms with van der Waals surface area (Å²) in [7, 11) is 0. The summed E-state index contributed by atoms with van der Waals surface area (Å²) < 4.78 is 28.4. The summed E-state index contributed by atoms with van der Waals surface area (Å²) in [5, 5.41) is 18.6. The molecule has 1 fully saturated rings. The molecule has 0 bridgehead atoms. The van der Waals surface area contributed by atoms with Crippen molar-refractivity contribution in [1.29, 1.82) is 5.26 Å².